The summed E-state index contributed by atoms with van der Waals surface area (Å²) in [6.07, 6.45) is 0.703. The highest BCUT2D eigenvalue weighted by Crippen LogP contribution is 2.21. The molecule has 0 amide bonds. The Hall–Kier alpha value is -1.46. The summed E-state index contributed by atoms with van der Waals surface area (Å²) < 4.78 is 47.7. The molecule has 1 N–H and O–H groups in total. The number of halogens is 4. The van der Waals surface area contributed by atoms with Crippen molar-refractivity contribution in [1.29, 1.82) is 0 Å². The first-order valence-electron chi connectivity index (χ1n) is 3.76. The second kappa shape index (κ2) is 3.73. The van der Waals surface area contributed by atoms with E-state index >= 15 is 0 Å². The normalized spacial score (nSPS) is 12.3. The highest BCUT2D eigenvalue weighted by Gasteiger charge is 2.17. The molecule has 0 aliphatic heterocycles. The van der Waals surface area contributed by atoms with Crippen molar-refractivity contribution >= 4 is 13.1 Å². The van der Waals surface area contributed by atoms with Crippen LogP contribution in [-0.2, 0) is 0 Å². The molecule has 0 radical (unpaired) electrons. The summed E-state index contributed by atoms with van der Waals surface area (Å²) in [5.74, 6) is -1.18. The van der Waals surface area contributed by atoms with Gasteiger partial charge in [-0.1, -0.05) is 6.08 Å². The van der Waals surface area contributed by atoms with Gasteiger partial charge in [0.05, 0.1) is 0 Å². The minimum absolute atomic E-state index is 0.0347. The van der Waals surface area contributed by atoms with E-state index in [0.29, 0.717) is 6.08 Å². The molecular formula is C8H6BF4O-. The number of phenolic OH excluding ortho intramolecular Hbond substituents is 1. The molecule has 0 saturated carbocycles. The Kier molecular flexibility index (Phi) is 2.83. The van der Waals surface area contributed by atoms with Gasteiger partial charge in [0.25, 0.3) is 0 Å². The van der Waals surface area contributed by atoms with E-state index in [1.54, 1.807) is 0 Å². The summed E-state index contributed by atoms with van der Waals surface area (Å²) >= 11 is 0. The lowest BCUT2D eigenvalue weighted by Gasteiger charge is -2.06. The highest BCUT2D eigenvalue weighted by atomic mass is 19.4. The molecule has 0 heterocycles. The molecule has 0 bridgehead atoms. The van der Waals surface area contributed by atoms with Gasteiger partial charge in [0.15, 0.2) is 0 Å². The van der Waals surface area contributed by atoms with Crippen LogP contribution in [0.2, 0.25) is 0 Å². The number of rotatable bonds is 2. The van der Waals surface area contributed by atoms with E-state index in [1.807, 2.05) is 0 Å². The van der Waals surface area contributed by atoms with Gasteiger partial charge in [-0.2, -0.15) is 0 Å². The zero-order chi connectivity index (χ0) is 10.8. The van der Waals surface area contributed by atoms with Crippen LogP contribution in [0.4, 0.5) is 17.3 Å². The third-order valence-corrected chi connectivity index (χ3v) is 1.49. The summed E-state index contributed by atoms with van der Waals surface area (Å²) in [7, 11) is 0. The molecule has 76 valence electrons. The predicted octanol–water partition coefficient (Wildman–Crippen LogP) is 2.93. The lowest BCUT2D eigenvalue weighted by molar-refractivity contribution is 0.468. The average molecular weight is 205 g/mol. The number of benzene rings is 1. The summed E-state index contributed by atoms with van der Waals surface area (Å²) in [4.78, 5) is 0. The first kappa shape index (κ1) is 10.6. The van der Waals surface area contributed by atoms with Gasteiger partial charge < -0.3 is 18.1 Å². The van der Waals surface area contributed by atoms with Crippen molar-refractivity contribution in [3.8, 4) is 5.75 Å². The standard InChI is InChI=1S/C8H6BF4O/c10-7-2-1-6(8(14)5-7)3-4-9(11,12)13/h1-5,14H/q-1/b4-3+. The molecule has 0 spiro atoms. The lowest BCUT2D eigenvalue weighted by Crippen LogP contribution is -2.09. The van der Waals surface area contributed by atoms with E-state index < -0.39 is 18.5 Å². The molecule has 0 aliphatic carbocycles. The Morgan fingerprint density at radius 1 is 1.21 bits per heavy atom. The monoisotopic (exact) mass is 205 g/mol. The van der Waals surface area contributed by atoms with Crippen LogP contribution in [0.3, 0.4) is 0 Å². The lowest BCUT2D eigenvalue weighted by atomic mass is 9.90. The minimum atomic E-state index is -5.04. The summed E-state index contributed by atoms with van der Waals surface area (Å²) in [6.45, 7) is -5.04. The Morgan fingerprint density at radius 2 is 1.86 bits per heavy atom. The third kappa shape index (κ3) is 3.12. The molecule has 0 saturated heterocycles. The van der Waals surface area contributed by atoms with Gasteiger partial charge in [-0.15, -0.1) is 5.98 Å². The topological polar surface area (TPSA) is 20.2 Å². The number of phenols is 1. The number of hydrogen-bond acceptors (Lipinski definition) is 1. The molecule has 1 aromatic rings. The Balaban J connectivity index is 2.93. The highest BCUT2D eigenvalue weighted by molar-refractivity contribution is 6.64. The van der Waals surface area contributed by atoms with Crippen molar-refractivity contribution in [2.75, 3.05) is 0 Å². The summed E-state index contributed by atoms with van der Waals surface area (Å²) in [5.41, 5.74) is -0.0643. The Labute approximate surface area is 77.7 Å². The minimum Gasteiger partial charge on any atom is -0.507 e. The van der Waals surface area contributed by atoms with Crippen molar-refractivity contribution in [2.24, 2.45) is 0 Å². The van der Waals surface area contributed by atoms with Gasteiger partial charge in [-0.05, 0) is 12.1 Å². The van der Waals surface area contributed by atoms with Crippen LogP contribution >= 0.6 is 0 Å². The number of hydrogen-bond donors (Lipinski definition) is 1. The average Bonchev–Trinajstić information content (AvgIpc) is 2.00. The second-order valence-corrected chi connectivity index (χ2v) is 2.69. The van der Waals surface area contributed by atoms with E-state index in [-0.39, 0.29) is 11.5 Å². The molecule has 1 aromatic carbocycles. The van der Waals surface area contributed by atoms with E-state index in [4.69, 9.17) is 5.11 Å². The van der Waals surface area contributed by atoms with Gasteiger partial charge >= 0.3 is 6.98 Å². The van der Waals surface area contributed by atoms with Crippen molar-refractivity contribution in [1.82, 2.24) is 0 Å². The van der Waals surface area contributed by atoms with Gasteiger partial charge in [0, 0.05) is 11.6 Å². The SMILES string of the molecule is Oc1cc(F)ccc1/C=C/[B-](F)(F)F. The maximum Gasteiger partial charge on any atom is 0.502 e. The zero-order valence-corrected chi connectivity index (χ0v) is 6.92. The fourth-order valence-electron chi connectivity index (χ4n) is 0.871. The van der Waals surface area contributed by atoms with Gasteiger partial charge in [0.2, 0.25) is 0 Å². The molecular weight excluding hydrogens is 199 g/mol. The molecule has 0 unspecified atom stereocenters. The van der Waals surface area contributed by atoms with E-state index in [9.17, 15) is 17.3 Å². The van der Waals surface area contributed by atoms with Crippen molar-refractivity contribution in [3.05, 3.63) is 35.6 Å². The van der Waals surface area contributed by atoms with Crippen LogP contribution < -0.4 is 0 Å². The van der Waals surface area contributed by atoms with E-state index in [2.05, 4.69) is 0 Å². The third-order valence-electron chi connectivity index (χ3n) is 1.49. The van der Waals surface area contributed by atoms with Crippen LogP contribution in [-0.4, -0.2) is 12.1 Å². The van der Waals surface area contributed by atoms with Gasteiger partial charge in [-0.3, -0.25) is 0 Å². The van der Waals surface area contributed by atoms with Crippen molar-refractivity contribution < 1.29 is 22.4 Å². The van der Waals surface area contributed by atoms with E-state index in [0.717, 1.165) is 18.2 Å². The maximum atomic E-state index is 12.4. The van der Waals surface area contributed by atoms with Crippen molar-refractivity contribution in [2.45, 2.75) is 0 Å². The van der Waals surface area contributed by atoms with Crippen molar-refractivity contribution in [3.63, 3.8) is 0 Å². The zero-order valence-electron chi connectivity index (χ0n) is 6.92. The largest absolute Gasteiger partial charge is 0.507 e. The predicted molar refractivity (Wildman–Crippen MR) is 46.2 cm³/mol. The summed E-state index contributed by atoms with van der Waals surface area (Å²) in [6, 6.07) is 2.80. The number of aromatic hydroxyl groups is 1. The molecule has 0 aliphatic rings. The molecule has 14 heavy (non-hydrogen) atoms. The molecule has 0 aromatic heterocycles. The Bertz CT molecular complexity index is 359. The Morgan fingerprint density at radius 3 is 2.36 bits per heavy atom. The maximum absolute atomic E-state index is 12.4. The van der Waals surface area contributed by atoms with Crippen LogP contribution in [0, 0.1) is 5.82 Å². The van der Waals surface area contributed by atoms with Crippen LogP contribution in [0.1, 0.15) is 5.56 Å². The molecule has 0 fully saturated rings. The summed E-state index contributed by atoms with van der Waals surface area (Å²) in [5, 5.41) is 9.04. The molecule has 6 heteroatoms. The molecule has 1 nitrogen and oxygen atoms in total. The van der Waals surface area contributed by atoms with Crippen LogP contribution in [0.15, 0.2) is 24.2 Å². The molecule has 0 atom stereocenters. The first-order chi connectivity index (χ1) is 6.38. The van der Waals surface area contributed by atoms with Gasteiger partial charge in [-0.25, -0.2) is 4.39 Å². The van der Waals surface area contributed by atoms with Crippen LogP contribution in [0.25, 0.3) is 6.08 Å². The first-order valence-corrected chi connectivity index (χ1v) is 3.76. The smallest absolute Gasteiger partial charge is 0.502 e. The fourth-order valence-corrected chi connectivity index (χ4v) is 0.871. The van der Waals surface area contributed by atoms with Gasteiger partial charge in [0.1, 0.15) is 11.6 Å². The quantitative estimate of drug-likeness (QED) is 0.581. The second-order valence-electron chi connectivity index (χ2n) is 2.69. The van der Waals surface area contributed by atoms with Crippen LogP contribution in [0.5, 0.6) is 5.75 Å². The van der Waals surface area contributed by atoms with E-state index in [1.165, 1.54) is 0 Å². The molecule has 1 rings (SSSR count). The fraction of sp³-hybridized carbons (Fsp3) is 0.